The molecule has 2 rings (SSSR count). The monoisotopic (exact) mass is 249 g/mol. The molecular weight excluding hydrogens is 234 g/mol. The van der Waals surface area contributed by atoms with Crippen LogP contribution >= 0.6 is 0 Å². The van der Waals surface area contributed by atoms with Crippen LogP contribution < -0.4 is 5.32 Å². The quantitative estimate of drug-likeness (QED) is 0.655. The molecule has 18 heavy (non-hydrogen) atoms. The molecule has 0 spiro atoms. The van der Waals surface area contributed by atoms with Crippen molar-refractivity contribution < 1.29 is 9.63 Å². The van der Waals surface area contributed by atoms with Crippen molar-refractivity contribution in [1.82, 2.24) is 4.98 Å². The first-order valence-corrected chi connectivity index (χ1v) is 6.06. The van der Waals surface area contributed by atoms with Crippen molar-refractivity contribution >= 4 is 11.8 Å². The highest BCUT2D eigenvalue weighted by Crippen LogP contribution is 2.21. The molecule has 1 aromatic rings. The van der Waals surface area contributed by atoms with Gasteiger partial charge in [-0.3, -0.25) is 4.84 Å². The maximum atomic E-state index is 11.3. The SMILES string of the molecule is O=NOC(=O)c1ccnc(NC2CCCCC2)c1. The first-order valence-electron chi connectivity index (χ1n) is 6.06. The third kappa shape index (κ3) is 3.26. The highest BCUT2D eigenvalue weighted by atomic mass is 16.7. The number of hydrogen-bond donors (Lipinski definition) is 1. The van der Waals surface area contributed by atoms with E-state index in [-0.39, 0.29) is 5.56 Å². The normalized spacial score (nSPS) is 16.0. The lowest BCUT2D eigenvalue weighted by Crippen LogP contribution is -2.22. The zero-order chi connectivity index (χ0) is 12.8. The smallest absolute Gasteiger partial charge is 0.367 e. The van der Waals surface area contributed by atoms with Crippen molar-refractivity contribution in [2.75, 3.05) is 5.32 Å². The van der Waals surface area contributed by atoms with Crippen LogP contribution in [-0.4, -0.2) is 17.0 Å². The molecule has 0 unspecified atom stereocenters. The zero-order valence-corrected chi connectivity index (χ0v) is 9.96. The highest BCUT2D eigenvalue weighted by molar-refractivity contribution is 5.89. The van der Waals surface area contributed by atoms with Crippen molar-refractivity contribution in [1.29, 1.82) is 0 Å². The second-order valence-corrected chi connectivity index (χ2v) is 4.36. The Kier molecular flexibility index (Phi) is 4.22. The van der Waals surface area contributed by atoms with Crippen LogP contribution in [-0.2, 0) is 4.84 Å². The number of carbonyl (C=O) groups is 1. The predicted octanol–water partition coefficient (Wildman–Crippen LogP) is 2.66. The summed E-state index contributed by atoms with van der Waals surface area (Å²) >= 11 is 0. The number of pyridine rings is 1. The van der Waals surface area contributed by atoms with E-state index in [1.54, 1.807) is 6.07 Å². The molecular formula is C12H15N3O3. The largest absolute Gasteiger partial charge is 0.369 e. The highest BCUT2D eigenvalue weighted by Gasteiger charge is 2.15. The minimum atomic E-state index is -0.765. The summed E-state index contributed by atoms with van der Waals surface area (Å²) in [6.45, 7) is 0. The Hall–Kier alpha value is -1.98. The van der Waals surface area contributed by atoms with Crippen molar-refractivity contribution in [2.24, 2.45) is 5.34 Å². The summed E-state index contributed by atoms with van der Waals surface area (Å²) in [6, 6.07) is 3.46. The average Bonchev–Trinajstić information content (AvgIpc) is 2.40. The average molecular weight is 249 g/mol. The summed E-state index contributed by atoms with van der Waals surface area (Å²) in [5, 5.41) is 5.41. The van der Waals surface area contributed by atoms with Gasteiger partial charge in [0, 0.05) is 12.2 Å². The van der Waals surface area contributed by atoms with Gasteiger partial charge in [-0.05, 0) is 25.0 Å². The number of rotatable bonds is 4. The van der Waals surface area contributed by atoms with Crippen molar-refractivity contribution in [2.45, 2.75) is 38.1 Å². The molecule has 0 aromatic carbocycles. The van der Waals surface area contributed by atoms with Crippen LogP contribution in [0.4, 0.5) is 5.82 Å². The van der Waals surface area contributed by atoms with Crippen LogP contribution in [0.3, 0.4) is 0 Å². The fraction of sp³-hybridized carbons (Fsp3) is 0.500. The number of aromatic nitrogens is 1. The van der Waals surface area contributed by atoms with Gasteiger partial charge in [0.15, 0.2) is 5.34 Å². The molecule has 1 fully saturated rings. The van der Waals surface area contributed by atoms with Gasteiger partial charge in [0.1, 0.15) is 5.82 Å². The third-order valence-corrected chi connectivity index (χ3v) is 3.07. The van der Waals surface area contributed by atoms with Crippen LogP contribution in [0.5, 0.6) is 0 Å². The molecule has 1 saturated carbocycles. The number of anilines is 1. The lowest BCUT2D eigenvalue weighted by Gasteiger charge is -2.23. The van der Waals surface area contributed by atoms with Gasteiger partial charge < -0.3 is 5.32 Å². The van der Waals surface area contributed by atoms with Gasteiger partial charge in [-0.1, -0.05) is 19.3 Å². The van der Waals surface area contributed by atoms with Crippen molar-refractivity contribution in [3.05, 3.63) is 28.8 Å². The van der Waals surface area contributed by atoms with Crippen LogP contribution in [0.25, 0.3) is 0 Å². The van der Waals surface area contributed by atoms with E-state index in [1.165, 1.54) is 31.5 Å². The Bertz CT molecular complexity index is 430. The van der Waals surface area contributed by atoms with Crippen molar-refractivity contribution in [3.63, 3.8) is 0 Å². The summed E-state index contributed by atoms with van der Waals surface area (Å²) < 4.78 is 0. The zero-order valence-electron chi connectivity index (χ0n) is 9.96. The molecule has 0 aliphatic heterocycles. The minimum Gasteiger partial charge on any atom is -0.367 e. The van der Waals surface area contributed by atoms with E-state index < -0.39 is 5.97 Å². The molecule has 0 saturated heterocycles. The molecule has 0 atom stereocenters. The van der Waals surface area contributed by atoms with E-state index in [4.69, 9.17) is 0 Å². The Morgan fingerprint density at radius 1 is 1.39 bits per heavy atom. The fourth-order valence-corrected chi connectivity index (χ4v) is 2.18. The summed E-state index contributed by atoms with van der Waals surface area (Å²) in [4.78, 5) is 29.4. The minimum absolute atomic E-state index is 0.267. The predicted molar refractivity (Wildman–Crippen MR) is 65.9 cm³/mol. The summed E-state index contributed by atoms with van der Waals surface area (Å²) in [5.74, 6) is -0.138. The van der Waals surface area contributed by atoms with Gasteiger partial charge >= 0.3 is 5.97 Å². The molecule has 0 amide bonds. The molecule has 1 aliphatic rings. The summed E-state index contributed by atoms with van der Waals surface area (Å²) in [5.41, 5.74) is 0.267. The lowest BCUT2D eigenvalue weighted by molar-refractivity contribution is 0.0508. The van der Waals surface area contributed by atoms with Crippen LogP contribution in [0.1, 0.15) is 42.5 Å². The lowest BCUT2D eigenvalue weighted by atomic mass is 9.95. The van der Waals surface area contributed by atoms with E-state index in [1.807, 2.05) is 0 Å². The summed E-state index contributed by atoms with van der Waals surface area (Å²) in [6.07, 6.45) is 7.46. The van der Waals surface area contributed by atoms with E-state index in [0.717, 1.165) is 12.8 Å². The third-order valence-electron chi connectivity index (χ3n) is 3.07. The second-order valence-electron chi connectivity index (χ2n) is 4.36. The maximum Gasteiger partial charge on any atom is 0.369 e. The number of carbonyl (C=O) groups excluding carboxylic acids is 1. The Labute approximate surface area is 105 Å². The van der Waals surface area contributed by atoms with Gasteiger partial charge in [-0.2, -0.15) is 0 Å². The standard InChI is InChI=1S/C12H15N3O3/c16-12(18-15-17)9-6-7-13-11(8-9)14-10-4-2-1-3-5-10/h6-8,10H,1-5H2,(H,13,14). The van der Waals surface area contributed by atoms with Gasteiger partial charge in [0.2, 0.25) is 0 Å². The Balaban J connectivity index is 2.02. The number of nitrogens with zero attached hydrogens (tertiary/aromatic N) is 2. The number of hydrogen-bond acceptors (Lipinski definition) is 6. The van der Waals surface area contributed by atoms with E-state index in [0.29, 0.717) is 11.9 Å². The Morgan fingerprint density at radius 2 is 2.17 bits per heavy atom. The molecule has 6 nitrogen and oxygen atoms in total. The molecule has 0 radical (unpaired) electrons. The van der Waals surface area contributed by atoms with Gasteiger partial charge in [-0.25, -0.2) is 9.78 Å². The molecule has 1 heterocycles. The van der Waals surface area contributed by atoms with E-state index >= 15 is 0 Å². The topological polar surface area (TPSA) is 80.7 Å². The molecule has 1 aromatic heterocycles. The maximum absolute atomic E-state index is 11.3. The second kappa shape index (κ2) is 6.09. The first-order chi connectivity index (χ1) is 8.79. The van der Waals surface area contributed by atoms with Crippen molar-refractivity contribution in [3.8, 4) is 0 Å². The number of nitrogens with one attached hydrogen (secondary N) is 1. The van der Waals surface area contributed by atoms with Crippen LogP contribution in [0.2, 0.25) is 0 Å². The molecule has 1 aliphatic carbocycles. The summed E-state index contributed by atoms with van der Waals surface area (Å²) in [7, 11) is 0. The Morgan fingerprint density at radius 3 is 2.89 bits per heavy atom. The molecule has 0 bridgehead atoms. The fourth-order valence-electron chi connectivity index (χ4n) is 2.18. The first kappa shape index (κ1) is 12.5. The van der Waals surface area contributed by atoms with E-state index in [2.05, 4.69) is 20.5 Å². The van der Waals surface area contributed by atoms with Gasteiger partial charge in [0.05, 0.1) is 5.56 Å². The molecule has 6 heteroatoms. The molecule has 96 valence electrons. The van der Waals surface area contributed by atoms with Crippen LogP contribution in [0.15, 0.2) is 23.7 Å². The van der Waals surface area contributed by atoms with E-state index in [9.17, 15) is 9.70 Å². The van der Waals surface area contributed by atoms with Gasteiger partial charge in [-0.15, -0.1) is 4.91 Å². The van der Waals surface area contributed by atoms with Gasteiger partial charge in [0.25, 0.3) is 0 Å². The molecule has 1 N–H and O–H groups in total. The van der Waals surface area contributed by atoms with Crippen LogP contribution in [0, 0.1) is 4.91 Å².